The van der Waals surface area contributed by atoms with Gasteiger partial charge in [-0.2, -0.15) is 5.10 Å². The van der Waals surface area contributed by atoms with Gasteiger partial charge in [-0.05, 0) is 38.1 Å². The second-order valence-corrected chi connectivity index (χ2v) is 6.55. The number of aromatic nitrogens is 2. The molecule has 1 heterocycles. The molecule has 144 valence electrons. The van der Waals surface area contributed by atoms with Crippen LogP contribution in [-0.2, 0) is 11.3 Å². The normalized spacial score (nSPS) is 10.5. The van der Waals surface area contributed by atoms with Crippen LogP contribution in [0.2, 0.25) is 0 Å². The van der Waals surface area contributed by atoms with Crippen LogP contribution >= 0.6 is 0 Å². The number of nitrogens with zero attached hydrogens (tertiary/aromatic N) is 2. The Morgan fingerprint density at radius 2 is 1.57 bits per heavy atom. The Labute approximate surface area is 164 Å². The third-order valence-electron chi connectivity index (χ3n) is 4.58. The van der Waals surface area contributed by atoms with Crippen LogP contribution in [0.25, 0.3) is 5.69 Å². The summed E-state index contributed by atoms with van der Waals surface area (Å²) < 4.78 is 1.89. The third kappa shape index (κ3) is 4.65. The highest BCUT2D eigenvalue weighted by atomic mass is 16.2. The molecular weight excluding hydrogens is 352 g/mol. The van der Waals surface area contributed by atoms with E-state index in [2.05, 4.69) is 15.7 Å². The first-order chi connectivity index (χ1) is 13.6. The van der Waals surface area contributed by atoms with Crippen molar-refractivity contribution in [1.82, 2.24) is 20.4 Å². The van der Waals surface area contributed by atoms with Crippen LogP contribution in [0, 0.1) is 13.8 Å². The van der Waals surface area contributed by atoms with Gasteiger partial charge < -0.3 is 10.6 Å². The first-order valence-corrected chi connectivity index (χ1v) is 9.26. The van der Waals surface area contributed by atoms with Crippen LogP contribution in [0.5, 0.6) is 0 Å². The minimum absolute atomic E-state index is 0.111. The maximum atomic E-state index is 12.1. The van der Waals surface area contributed by atoms with E-state index in [1.807, 2.05) is 67.1 Å². The molecule has 0 fully saturated rings. The average Bonchev–Trinajstić information content (AvgIpc) is 3.01. The number of amides is 2. The van der Waals surface area contributed by atoms with Crippen molar-refractivity contribution >= 4 is 11.8 Å². The third-order valence-corrected chi connectivity index (χ3v) is 4.58. The summed E-state index contributed by atoms with van der Waals surface area (Å²) in [5.41, 5.74) is 4.47. The Morgan fingerprint density at radius 3 is 2.25 bits per heavy atom. The molecule has 0 saturated carbocycles. The van der Waals surface area contributed by atoms with Crippen molar-refractivity contribution in [3.05, 3.63) is 83.2 Å². The molecular formula is C22H24N4O2. The van der Waals surface area contributed by atoms with Crippen LogP contribution in [0.3, 0.4) is 0 Å². The summed E-state index contributed by atoms with van der Waals surface area (Å²) in [6.07, 6.45) is 0.226. The number of hydrogen-bond acceptors (Lipinski definition) is 3. The zero-order valence-corrected chi connectivity index (χ0v) is 16.1. The largest absolute Gasteiger partial charge is 0.352 e. The molecule has 28 heavy (non-hydrogen) atoms. The number of benzene rings is 2. The first-order valence-electron chi connectivity index (χ1n) is 9.26. The molecule has 0 aliphatic carbocycles. The molecule has 6 heteroatoms. The van der Waals surface area contributed by atoms with Gasteiger partial charge in [-0.3, -0.25) is 9.59 Å². The Balaban J connectivity index is 1.51. The van der Waals surface area contributed by atoms with Crippen molar-refractivity contribution in [3.8, 4) is 5.69 Å². The molecule has 0 radical (unpaired) electrons. The second-order valence-electron chi connectivity index (χ2n) is 6.55. The highest BCUT2D eigenvalue weighted by Gasteiger charge is 2.13. The summed E-state index contributed by atoms with van der Waals surface area (Å²) in [6.45, 7) is 4.64. The van der Waals surface area contributed by atoms with Crippen LogP contribution in [0.1, 0.15) is 33.7 Å². The van der Waals surface area contributed by atoms with Crippen molar-refractivity contribution in [1.29, 1.82) is 0 Å². The number of aryl methyl sites for hydroxylation is 1. The van der Waals surface area contributed by atoms with E-state index < -0.39 is 0 Å². The van der Waals surface area contributed by atoms with Gasteiger partial charge in [-0.25, -0.2) is 4.68 Å². The molecule has 2 N–H and O–H groups in total. The topological polar surface area (TPSA) is 76.0 Å². The Bertz CT molecular complexity index is 949. The lowest BCUT2D eigenvalue weighted by atomic mass is 10.2. The van der Waals surface area contributed by atoms with Crippen molar-refractivity contribution in [3.63, 3.8) is 0 Å². The van der Waals surface area contributed by atoms with E-state index in [-0.39, 0.29) is 18.2 Å². The van der Waals surface area contributed by atoms with Crippen molar-refractivity contribution < 1.29 is 9.59 Å². The molecule has 2 aromatic carbocycles. The molecule has 0 unspecified atom stereocenters. The van der Waals surface area contributed by atoms with Crippen LogP contribution in [0.4, 0.5) is 0 Å². The summed E-state index contributed by atoms with van der Waals surface area (Å²) in [6, 6.07) is 18.9. The van der Waals surface area contributed by atoms with Gasteiger partial charge in [0.1, 0.15) is 0 Å². The zero-order valence-electron chi connectivity index (χ0n) is 16.1. The predicted octanol–water partition coefficient (Wildman–Crippen LogP) is 2.93. The molecule has 3 aromatic rings. The maximum absolute atomic E-state index is 12.1. The molecule has 0 aliphatic rings. The molecule has 2 amide bonds. The number of rotatable bonds is 7. The summed E-state index contributed by atoms with van der Waals surface area (Å²) in [4.78, 5) is 24.1. The van der Waals surface area contributed by atoms with Gasteiger partial charge in [0.2, 0.25) is 5.91 Å². The van der Waals surface area contributed by atoms with Gasteiger partial charge in [0.15, 0.2) is 0 Å². The van der Waals surface area contributed by atoms with E-state index in [1.54, 1.807) is 12.1 Å². The van der Waals surface area contributed by atoms with Gasteiger partial charge >= 0.3 is 0 Å². The Kier molecular flexibility index (Phi) is 6.22. The Morgan fingerprint density at radius 1 is 0.929 bits per heavy atom. The summed E-state index contributed by atoms with van der Waals surface area (Å²) in [5.74, 6) is -0.288. The molecule has 3 rings (SSSR count). The number of nitrogens with one attached hydrogen (secondary N) is 2. The van der Waals surface area contributed by atoms with E-state index in [0.717, 1.165) is 22.6 Å². The molecule has 0 spiro atoms. The summed E-state index contributed by atoms with van der Waals surface area (Å²) in [5, 5.41) is 10.3. The second kappa shape index (κ2) is 8.99. The predicted molar refractivity (Wildman–Crippen MR) is 108 cm³/mol. The number of para-hydroxylation sites is 1. The Hall–Kier alpha value is -3.41. The van der Waals surface area contributed by atoms with Crippen molar-refractivity contribution in [2.24, 2.45) is 0 Å². The van der Waals surface area contributed by atoms with Crippen molar-refractivity contribution in [2.75, 3.05) is 6.54 Å². The quantitative estimate of drug-likeness (QED) is 0.666. The zero-order chi connectivity index (χ0) is 19.9. The lowest BCUT2D eigenvalue weighted by Gasteiger charge is -2.08. The minimum Gasteiger partial charge on any atom is -0.352 e. The van der Waals surface area contributed by atoms with Gasteiger partial charge in [0.25, 0.3) is 5.91 Å². The molecule has 1 aromatic heterocycles. The maximum Gasteiger partial charge on any atom is 0.251 e. The van der Waals surface area contributed by atoms with Crippen LogP contribution in [0.15, 0.2) is 60.7 Å². The number of carbonyl (C=O) groups excluding carboxylic acids is 2. The van der Waals surface area contributed by atoms with Gasteiger partial charge in [0, 0.05) is 36.3 Å². The number of carbonyl (C=O) groups is 2. The molecule has 0 atom stereocenters. The fourth-order valence-corrected chi connectivity index (χ4v) is 3.01. The fourth-order valence-electron chi connectivity index (χ4n) is 3.01. The smallest absolute Gasteiger partial charge is 0.251 e. The fraction of sp³-hybridized carbons (Fsp3) is 0.227. The minimum atomic E-state index is -0.177. The molecule has 0 bridgehead atoms. The molecule has 0 aliphatic heterocycles. The van der Waals surface area contributed by atoms with Gasteiger partial charge in [-0.15, -0.1) is 0 Å². The monoisotopic (exact) mass is 376 g/mol. The molecule has 0 saturated heterocycles. The molecule has 6 nitrogen and oxygen atoms in total. The highest BCUT2D eigenvalue weighted by molar-refractivity contribution is 5.94. The average molecular weight is 376 g/mol. The van der Waals surface area contributed by atoms with E-state index in [0.29, 0.717) is 18.7 Å². The standard InChI is InChI=1S/C22H24N4O2/c1-16-20(17(2)26(25-16)19-11-7-4-8-12-19)15-24-21(27)13-14-23-22(28)18-9-5-3-6-10-18/h3-12H,13-15H2,1-2H3,(H,23,28)(H,24,27). The SMILES string of the molecule is Cc1nn(-c2ccccc2)c(C)c1CNC(=O)CCNC(=O)c1ccccc1. The lowest BCUT2D eigenvalue weighted by Crippen LogP contribution is -2.30. The van der Waals surface area contributed by atoms with Crippen LogP contribution < -0.4 is 10.6 Å². The summed E-state index contributed by atoms with van der Waals surface area (Å²) in [7, 11) is 0. The summed E-state index contributed by atoms with van der Waals surface area (Å²) >= 11 is 0. The van der Waals surface area contributed by atoms with Crippen LogP contribution in [-0.4, -0.2) is 28.1 Å². The van der Waals surface area contributed by atoms with E-state index in [9.17, 15) is 9.59 Å². The lowest BCUT2D eigenvalue weighted by molar-refractivity contribution is -0.121. The van der Waals surface area contributed by atoms with Crippen molar-refractivity contribution in [2.45, 2.75) is 26.8 Å². The van der Waals surface area contributed by atoms with E-state index in [4.69, 9.17) is 0 Å². The van der Waals surface area contributed by atoms with Gasteiger partial charge in [-0.1, -0.05) is 36.4 Å². The van der Waals surface area contributed by atoms with Gasteiger partial charge in [0.05, 0.1) is 11.4 Å². The van der Waals surface area contributed by atoms with E-state index >= 15 is 0 Å². The number of hydrogen-bond donors (Lipinski definition) is 2. The first kappa shape index (κ1) is 19.4. The van der Waals surface area contributed by atoms with E-state index in [1.165, 1.54) is 0 Å². The highest BCUT2D eigenvalue weighted by Crippen LogP contribution is 2.17.